The third-order valence-electron chi connectivity index (χ3n) is 3.54. The molecule has 2 rings (SSSR count). The number of benzene rings is 1. The quantitative estimate of drug-likeness (QED) is 0.731. The van der Waals surface area contributed by atoms with Gasteiger partial charge in [0.15, 0.2) is 0 Å². The van der Waals surface area contributed by atoms with Gasteiger partial charge in [0, 0.05) is 19.0 Å². The van der Waals surface area contributed by atoms with Crippen LogP contribution in [-0.4, -0.2) is 13.1 Å². The van der Waals surface area contributed by atoms with Crippen molar-refractivity contribution >= 4 is 17.3 Å². The number of halogens is 3. The third kappa shape index (κ3) is 2.39. The highest BCUT2D eigenvalue weighted by Crippen LogP contribution is 2.32. The summed E-state index contributed by atoms with van der Waals surface area (Å²) in [5, 5.41) is 0. The zero-order chi connectivity index (χ0) is 12.6. The van der Waals surface area contributed by atoms with Crippen LogP contribution in [0.4, 0.5) is 14.5 Å². The SMILES string of the molecule is CC1CN(c2c(F)cc(CCl)cc2F)CC1C. The molecule has 0 N–H and O–H groups in total. The van der Waals surface area contributed by atoms with Gasteiger partial charge in [-0.1, -0.05) is 13.8 Å². The number of hydrogen-bond donors (Lipinski definition) is 0. The normalized spacial score (nSPS) is 24.4. The fourth-order valence-corrected chi connectivity index (χ4v) is 2.46. The van der Waals surface area contributed by atoms with Crippen molar-refractivity contribution in [2.24, 2.45) is 11.8 Å². The molecule has 0 bridgehead atoms. The van der Waals surface area contributed by atoms with Gasteiger partial charge in [-0.3, -0.25) is 0 Å². The van der Waals surface area contributed by atoms with Gasteiger partial charge in [-0.15, -0.1) is 11.6 Å². The second-order valence-electron chi connectivity index (χ2n) is 4.90. The Bertz CT molecular complexity index is 389. The summed E-state index contributed by atoms with van der Waals surface area (Å²) in [4.78, 5) is 1.79. The van der Waals surface area contributed by atoms with Crippen molar-refractivity contribution in [3.05, 3.63) is 29.3 Å². The van der Waals surface area contributed by atoms with Gasteiger partial charge in [-0.25, -0.2) is 8.78 Å². The standard InChI is InChI=1S/C13H16ClF2N/c1-8-6-17(7-9(8)2)13-11(15)3-10(5-14)4-12(13)16/h3-4,8-9H,5-7H2,1-2H3. The molecule has 1 aromatic carbocycles. The minimum absolute atomic E-state index is 0.0927. The second-order valence-corrected chi connectivity index (χ2v) is 5.17. The van der Waals surface area contributed by atoms with E-state index in [-0.39, 0.29) is 11.6 Å². The zero-order valence-electron chi connectivity index (χ0n) is 10.0. The molecule has 1 nitrogen and oxygen atoms in total. The number of nitrogens with zero attached hydrogens (tertiary/aromatic N) is 1. The van der Waals surface area contributed by atoms with Crippen LogP contribution in [0.1, 0.15) is 19.4 Å². The van der Waals surface area contributed by atoms with Crippen molar-refractivity contribution in [3.8, 4) is 0 Å². The van der Waals surface area contributed by atoms with Gasteiger partial charge in [-0.2, -0.15) is 0 Å². The Morgan fingerprint density at radius 2 is 1.65 bits per heavy atom. The lowest BCUT2D eigenvalue weighted by Gasteiger charge is -2.20. The molecule has 0 amide bonds. The van der Waals surface area contributed by atoms with Crippen molar-refractivity contribution in [1.29, 1.82) is 0 Å². The maximum Gasteiger partial charge on any atom is 0.149 e. The lowest BCUT2D eigenvalue weighted by atomic mass is 10.0. The maximum atomic E-state index is 13.9. The summed E-state index contributed by atoms with van der Waals surface area (Å²) < 4.78 is 27.7. The van der Waals surface area contributed by atoms with Crippen molar-refractivity contribution < 1.29 is 8.78 Å². The van der Waals surface area contributed by atoms with Gasteiger partial charge in [0.25, 0.3) is 0 Å². The van der Waals surface area contributed by atoms with Crippen LogP contribution in [-0.2, 0) is 5.88 Å². The van der Waals surface area contributed by atoms with E-state index < -0.39 is 11.6 Å². The van der Waals surface area contributed by atoms with E-state index in [0.717, 1.165) is 0 Å². The molecule has 17 heavy (non-hydrogen) atoms. The molecule has 0 aromatic heterocycles. The summed E-state index contributed by atoms with van der Waals surface area (Å²) >= 11 is 5.58. The molecule has 2 atom stereocenters. The van der Waals surface area contributed by atoms with Crippen LogP contribution in [0.5, 0.6) is 0 Å². The van der Waals surface area contributed by atoms with E-state index in [1.165, 1.54) is 12.1 Å². The number of alkyl halides is 1. The van der Waals surface area contributed by atoms with Crippen molar-refractivity contribution in [1.82, 2.24) is 0 Å². The van der Waals surface area contributed by atoms with Crippen molar-refractivity contribution in [2.75, 3.05) is 18.0 Å². The van der Waals surface area contributed by atoms with E-state index in [1.807, 2.05) is 0 Å². The first-order valence-corrected chi connectivity index (χ1v) is 6.35. The highest BCUT2D eigenvalue weighted by atomic mass is 35.5. The van der Waals surface area contributed by atoms with Gasteiger partial charge >= 0.3 is 0 Å². The van der Waals surface area contributed by atoms with Gasteiger partial charge < -0.3 is 4.90 Å². The Morgan fingerprint density at radius 1 is 1.18 bits per heavy atom. The third-order valence-corrected chi connectivity index (χ3v) is 3.84. The molecule has 1 aliphatic rings. The van der Waals surface area contributed by atoms with E-state index in [9.17, 15) is 8.78 Å². The van der Waals surface area contributed by atoms with Crippen molar-refractivity contribution in [3.63, 3.8) is 0 Å². The molecular weight excluding hydrogens is 244 g/mol. The summed E-state index contributed by atoms with van der Waals surface area (Å²) in [5.74, 6) is 0.0212. The van der Waals surface area contributed by atoms with E-state index >= 15 is 0 Å². The predicted molar refractivity (Wildman–Crippen MR) is 66.5 cm³/mol. The van der Waals surface area contributed by atoms with Crippen LogP contribution >= 0.6 is 11.6 Å². The average molecular weight is 260 g/mol. The van der Waals surface area contributed by atoms with Crippen molar-refractivity contribution in [2.45, 2.75) is 19.7 Å². The number of hydrogen-bond acceptors (Lipinski definition) is 1. The summed E-state index contributed by atoms with van der Waals surface area (Å²) in [5.41, 5.74) is 0.570. The smallest absolute Gasteiger partial charge is 0.149 e. The summed E-state index contributed by atoms with van der Waals surface area (Å²) in [6, 6.07) is 2.64. The summed E-state index contributed by atoms with van der Waals surface area (Å²) in [6.07, 6.45) is 0. The Hall–Kier alpha value is -0.830. The minimum Gasteiger partial charge on any atom is -0.366 e. The molecule has 1 aliphatic heterocycles. The first-order valence-electron chi connectivity index (χ1n) is 5.81. The Morgan fingerprint density at radius 3 is 2.06 bits per heavy atom. The predicted octanol–water partition coefficient (Wildman–Crippen LogP) is 3.80. The highest BCUT2D eigenvalue weighted by Gasteiger charge is 2.29. The number of rotatable bonds is 2. The van der Waals surface area contributed by atoms with Crippen LogP contribution < -0.4 is 4.90 Å². The molecule has 0 aliphatic carbocycles. The van der Waals surface area contributed by atoms with E-state index in [2.05, 4.69) is 13.8 Å². The van der Waals surface area contributed by atoms with E-state index in [1.54, 1.807) is 4.90 Å². The van der Waals surface area contributed by atoms with E-state index in [4.69, 9.17) is 11.6 Å². The zero-order valence-corrected chi connectivity index (χ0v) is 10.8. The molecule has 94 valence electrons. The Kier molecular flexibility index (Phi) is 3.57. The molecule has 4 heteroatoms. The lowest BCUT2D eigenvalue weighted by molar-refractivity contribution is 0.494. The topological polar surface area (TPSA) is 3.24 Å². The number of anilines is 1. The largest absolute Gasteiger partial charge is 0.366 e. The van der Waals surface area contributed by atoms with Crippen LogP contribution in [0.3, 0.4) is 0 Å². The maximum absolute atomic E-state index is 13.9. The summed E-state index contributed by atoms with van der Waals surface area (Å²) in [6.45, 7) is 5.62. The molecule has 0 radical (unpaired) electrons. The van der Waals surface area contributed by atoms with Gasteiger partial charge in [-0.05, 0) is 29.5 Å². The first-order chi connectivity index (χ1) is 8.02. The highest BCUT2D eigenvalue weighted by molar-refractivity contribution is 6.17. The molecular formula is C13H16ClF2N. The van der Waals surface area contributed by atoms with Crippen LogP contribution in [0.25, 0.3) is 0 Å². The first kappa shape index (κ1) is 12.6. The molecule has 1 fully saturated rings. The molecule has 2 unspecified atom stereocenters. The minimum atomic E-state index is -0.512. The molecule has 0 saturated carbocycles. The van der Waals surface area contributed by atoms with E-state index in [0.29, 0.717) is 30.5 Å². The lowest BCUT2D eigenvalue weighted by Crippen LogP contribution is -2.22. The Balaban J connectivity index is 2.33. The molecule has 0 spiro atoms. The molecule has 1 heterocycles. The molecule has 1 aromatic rings. The van der Waals surface area contributed by atoms with Crippen LogP contribution in [0.15, 0.2) is 12.1 Å². The fourth-order valence-electron chi connectivity index (χ4n) is 2.31. The van der Waals surface area contributed by atoms with Gasteiger partial charge in [0.05, 0.1) is 0 Å². The Labute approximate surface area is 105 Å². The van der Waals surface area contributed by atoms with Crippen LogP contribution in [0.2, 0.25) is 0 Å². The monoisotopic (exact) mass is 259 g/mol. The van der Waals surface area contributed by atoms with Crippen LogP contribution in [0, 0.1) is 23.5 Å². The van der Waals surface area contributed by atoms with Gasteiger partial charge in [0.2, 0.25) is 0 Å². The second kappa shape index (κ2) is 4.81. The van der Waals surface area contributed by atoms with Gasteiger partial charge in [0.1, 0.15) is 17.3 Å². The average Bonchev–Trinajstić information content (AvgIpc) is 2.57. The molecule has 1 saturated heterocycles. The fraction of sp³-hybridized carbons (Fsp3) is 0.538. The summed E-state index contributed by atoms with van der Waals surface area (Å²) in [7, 11) is 0.